The predicted molar refractivity (Wildman–Crippen MR) is 93.6 cm³/mol. The van der Waals surface area contributed by atoms with Crippen molar-refractivity contribution in [3.63, 3.8) is 0 Å². The number of aromatic carboxylic acids is 1. The number of thiophene rings is 1. The number of nitrogens with zero attached hydrogens (tertiary/aromatic N) is 2. The highest BCUT2D eigenvalue weighted by Crippen LogP contribution is 2.21. The van der Waals surface area contributed by atoms with Crippen LogP contribution in [0.2, 0.25) is 0 Å². The van der Waals surface area contributed by atoms with E-state index in [1.807, 2.05) is 0 Å². The van der Waals surface area contributed by atoms with E-state index in [2.05, 4.69) is 0 Å². The first-order chi connectivity index (χ1) is 12.3. The highest BCUT2D eigenvalue weighted by Gasteiger charge is 2.18. The van der Waals surface area contributed by atoms with E-state index in [1.165, 1.54) is 29.8 Å². The molecule has 134 valence electrons. The van der Waals surface area contributed by atoms with Crippen LogP contribution in [0.25, 0.3) is 10.2 Å². The number of aryl methyl sites for hydroxylation is 1. The second kappa shape index (κ2) is 6.68. The van der Waals surface area contributed by atoms with E-state index in [0.29, 0.717) is 0 Å². The topological polar surface area (TPSA) is 98.4 Å². The third kappa shape index (κ3) is 3.08. The summed E-state index contributed by atoms with van der Waals surface area (Å²) < 4.78 is 15.0. The van der Waals surface area contributed by atoms with Crippen LogP contribution in [0.5, 0.6) is 0 Å². The number of halogens is 1. The Balaban J connectivity index is 1.96. The molecule has 0 saturated heterocycles. The molecular formula is C17H13FN2O5S. The molecule has 0 fully saturated rings. The molecule has 0 saturated carbocycles. The van der Waals surface area contributed by atoms with Crippen molar-refractivity contribution in [1.82, 2.24) is 9.13 Å². The van der Waals surface area contributed by atoms with Crippen LogP contribution < -0.4 is 11.2 Å². The van der Waals surface area contributed by atoms with Crippen molar-refractivity contribution in [2.45, 2.75) is 13.0 Å². The zero-order chi connectivity index (χ0) is 19.0. The fraction of sp³-hybridized carbons (Fsp3) is 0.176. The standard InChI is InChI=1S/C17H13FN2O5S/c1-19-15-11(8-13(26-15)16(23)24)14(22)20(17(19)25)7-6-12(21)9-2-4-10(18)5-3-9/h2-5,8H,6-7H2,1H3,(H,23,24). The summed E-state index contributed by atoms with van der Waals surface area (Å²) in [7, 11) is 1.44. The maximum absolute atomic E-state index is 12.9. The van der Waals surface area contributed by atoms with Crippen molar-refractivity contribution in [2.24, 2.45) is 7.05 Å². The van der Waals surface area contributed by atoms with Crippen molar-refractivity contribution in [3.8, 4) is 0 Å². The van der Waals surface area contributed by atoms with Crippen molar-refractivity contribution in [3.05, 3.63) is 67.4 Å². The molecule has 0 unspecified atom stereocenters. The molecule has 2 aromatic heterocycles. The van der Waals surface area contributed by atoms with Crippen LogP contribution in [-0.2, 0) is 13.6 Å². The Kier molecular flexibility index (Phi) is 4.56. The van der Waals surface area contributed by atoms with E-state index < -0.39 is 23.0 Å². The van der Waals surface area contributed by atoms with Crippen LogP contribution in [-0.4, -0.2) is 26.0 Å². The fourth-order valence-corrected chi connectivity index (χ4v) is 3.52. The largest absolute Gasteiger partial charge is 0.477 e. The first-order valence-corrected chi connectivity index (χ1v) is 8.36. The minimum atomic E-state index is -1.18. The van der Waals surface area contributed by atoms with E-state index in [0.717, 1.165) is 28.0 Å². The van der Waals surface area contributed by atoms with Crippen LogP contribution in [0.3, 0.4) is 0 Å². The number of carbonyl (C=O) groups is 2. The van der Waals surface area contributed by atoms with Crippen LogP contribution in [0.1, 0.15) is 26.5 Å². The Hall–Kier alpha value is -3.07. The molecule has 0 bridgehead atoms. The van der Waals surface area contributed by atoms with Gasteiger partial charge in [-0.1, -0.05) is 0 Å². The quantitative estimate of drug-likeness (QED) is 0.686. The van der Waals surface area contributed by atoms with E-state index in [1.54, 1.807) is 0 Å². The molecule has 9 heteroatoms. The lowest BCUT2D eigenvalue weighted by atomic mass is 10.1. The summed E-state index contributed by atoms with van der Waals surface area (Å²) in [6.45, 7) is -0.157. The minimum absolute atomic E-state index is 0.0489. The van der Waals surface area contributed by atoms with Gasteiger partial charge < -0.3 is 5.11 Å². The second-order valence-corrected chi connectivity index (χ2v) is 6.64. The third-order valence-corrected chi connectivity index (χ3v) is 5.15. The molecule has 26 heavy (non-hydrogen) atoms. The average molecular weight is 376 g/mol. The molecule has 1 N–H and O–H groups in total. The lowest BCUT2D eigenvalue weighted by Crippen LogP contribution is -2.39. The number of carboxylic acid groups (broad SMARTS) is 1. The number of ketones is 1. The number of hydrogen-bond acceptors (Lipinski definition) is 5. The molecule has 3 rings (SSSR count). The van der Waals surface area contributed by atoms with Crippen LogP contribution >= 0.6 is 11.3 Å². The molecular weight excluding hydrogens is 363 g/mol. The van der Waals surface area contributed by atoms with Gasteiger partial charge in [-0.15, -0.1) is 11.3 Å². The molecule has 2 heterocycles. The zero-order valence-electron chi connectivity index (χ0n) is 13.6. The van der Waals surface area contributed by atoms with Gasteiger partial charge in [0.1, 0.15) is 15.5 Å². The van der Waals surface area contributed by atoms with Gasteiger partial charge in [0.25, 0.3) is 5.56 Å². The molecule has 7 nitrogen and oxygen atoms in total. The summed E-state index contributed by atoms with van der Waals surface area (Å²) >= 11 is 0.839. The lowest BCUT2D eigenvalue weighted by Gasteiger charge is -2.08. The van der Waals surface area contributed by atoms with Gasteiger partial charge in [0.2, 0.25) is 0 Å². The predicted octanol–water partition coefficient (Wildman–Crippen LogP) is 1.87. The summed E-state index contributed by atoms with van der Waals surface area (Å²) in [4.78, 5) is 48.4. The second-order valence-electron chi connectivity index (χ2n) is 5.61. The van der Waals surface area contributed by atoms with Crippen LogP contribution in [0.15, 0.2) is 39.9 Å². The summed E-state index contributed by atoms with van der Waals surface area (Å²) in [6, 6.07) is 6.20. The van der Waals surface area contributed by atoms with Gasteiger partial charge >= 0.3 is 11.7 Å². The Bertz CT molecular complexity index is 1140. The van der Waals surface area contributed by atoms with Gasteiger partial charge in [-0.3, -0.25) is 18.7 Å². The third-order valence-electron chi connectivity index (χ3n) is 3.95. The molecule has 0 atom stereocenters. The molecule has 3 aromatic rings. The number of fused-ring (bicyclic) bond motifs is 1. The van der Waals surface area contributed by atoms with Gasteiger partial charge in [0.05, 0.1) is 5.39 Å². The first kappa shape index (κ1) is 17.7. The van der Waals surface area contributed by atoms with E-state index in [-0.39, 0.29) is 39.4 Å². The lowest BCUT2D eigenvalue weighted by molar-refractivity contribution is 0.0702. The van der Waals surface area contributed by atoms with Gasteiger partial charge in [-0.25, -0.2) is 14.0 Å². The molecule has 0 aliphatic rings. The maximum Gasteiger partial charge on any atom is 0.345 e. The van der Waals surface area contributed by atoms with Gasteiger partial charge in [-0.2, -0.15) is 0 Å². The van der Waals surface area contributed by atoms with Gasteiger partial charge in [-0.05, 0) is 30.3 Å². The molecule has 0 aliphatic heterocycles. The Morgan fingerprint density at radius 2 is 1.85 bits per heavy atom. The number of rotatable bonds is 5. The molecule has 0 aliphatic carbocycles. The number of Topliss-reactive ketones (excluding diaryl/α,β-unsaturated/α-hetero) is 1. The highest BCUT2D eigenvalue weighted by atomic mass is 32.1. The Morgan fingerprint density at radius 1 is 1.19 bits per heavy atom. The SMILES string of the molecule is Cn1c(=O)n(CCC(=O)c2ccc(F)cc2)c(=O)c2cc(C(=O)O)sc21. The number of carboxylic acids is 1. The van der Waals surface area contributed by atoms with Crippen molar-refractivity contribution < 1.29 is 19.1 Å². The summed E-state index contributed by atoms with van der Waals surface area (Å²) in [5, 5.41) is 9.19. The molecule has 0 spiro atoms. The van der Waals surface area contributed by atoms with Gasteiger partial charge in [0, 0.05) is 25.6 Å². The van der Waals surface area contributed by atoms with Crippen LogP contribution in [0, 0.1) is 5.82 Å². The highest BCUT2D eigenvalue weighted by molar-refractivity contribution is 7.20. The van der Waals surface area contributed by atoms with E-state index in [9.17, 15) is 23.6 Å². The normalized spacial score (nSPS) is 11.0. The summed E-state index contributed by atoms with van der Waals surface area (Å²) in [5.41, 5.74) is -0.993. The van der Waals surface area contributed by atoms with Crippen molar-refractivity contribution >= 4 is 33.3 Å². The molecule has 0 radical (unpaired) electrons. The van der Waals surface area contributed by atoms with Gasteiger partial charge in [0.15, 0.2) is 5.78 Å². The van der Waals surface area contributed by atoms with Crippen molar-refractivity contribution in [1.29, 1.82) is 0 Å². The summed E-state index contributed by atoms with van der Waals surface area (Å²) in [5.74, 6) is -1.99. The Morgan fingerprint density at radius 3 is 2.46 bits per heavy atom. The molecule has 1 aromatic carbocycles. The molecule has 0 amide bonds. The zero-order valence-corrected chi connectivity index (χ0v) is 14.4. The number of benzene rings is 1. The minimum Gasteiger partial charge on any atom is -0.477 e. The number of carbonyl (C=O) groups excluding carboxylic acids is 1. The fourth-order valence-electron chi connectivity index (χ4n) is 2.58. The average Bonchev–Trinajstić information content (AvgIpc) is 3.06. The first-order valence-electron chi connectivity index (χ1n) is 7.55. The van der Waals surface area contributed by atoms with Crippen LogP contribution in [0.4, 0.5) is 4.39 Å². The smallest absolute Gasteiger partial charge is 0.345 e. The Labute approximate surface area is 149 Å². The summed E-state index contributed by atoms with van der Waals surface area (Å²) in [6.07, 6.45) is -0.123. The van der Waals surface area contributed by atoms with Crippen molar-refractivity contribution in [2.75, 3.05) is 0 Å². The van der Waals surface area contributed by atoms with E-state index in [4.69, 9.17) is 5.11 Å². The maximum atomic E-state index is 12.9. The number of aromatic nitrogens is 2. The van der Waals surface area contributed by atoms with E-state index >= 15 is 0 Å². The number of hydrogen-bond donors (Lipinski definition) is 1. The monoisotopic (exact) mass is 376 g/mol.